The van der Waals surface area contributed by atoms with E-state index in [0.717, 1.165) is 0 Å². The lowest BCUT2D eigenvalue weighted by Gasteiger charge is -2.37. The minimum absolute atomic E-state index is 0.244. The molecule has 0 amide bonds. The summed E-state index contributed by atoms with van der Waals surface area (Å²) in [5.74, 6) is 0. The highest BCUT2D eigenvalue weighted by Crippen LogP contribution is 2.19. The van der Waals surface area contributed by atoms with Crippen molar-refractivity contribution in [2.75, 3.05) is 27.9 Å². The standard InChI is InChI=1S/C8H16O5/c1-10-5-4-13-8(12-3)6(9)7(5)11-2/h5-9H,4H2,1-3H3/t5-,6+,7-,8-/m0/s1. The zero-order chi connectivity index (χ0) is 9.84. The summed E-state index contributed by atoms with van der Waals surface area (Å²) in [6.45, 7) is 0.366. The van der Waals surface area contributed by atoms with Gasteiger partial charge in [-0.25, -0.2) is 0 Å². The molecule has 0 aromatic rings. The summed E-state index contributed by atoms with van der Waals surface area (Å²) in [6.07, 6.45) is -2.08. The van der Waals surface area contributed by atoms with Gasteiger partial charge < -0.3 is 24.1 Å². The van der Waals surface area contributed by atoms with Crippen molar-refractivity contribution >= 4 is 0 Å². The first-order chi connectivity index (χ1) is 6.24. The molecule has 0 bridgehead atoms. The SMILES string of the molecule is CO[C@H]1OC[C@H](OC)[C@H](OC)[C@H]1O. The van der Waals surface area contributed by atoms with Crippen LogP contribution in [0.1, 0.15) is 0 Å². The Morgan fingerprint density at radius 3 is 2.31 bits per heavy atom. The number of aliphatic hydroxyl groups is 1. The smallest absolute Gasteiger partial charge is 0.185 e. The molecular formula is C8H16O5. The lowest BCUT2D eigenvalue weighted by Crippen LogP contribution is -2.54. The summed E-state index contributed by atoms with van der Waals surface area (Å²) < 4.78 is 20.3. The molecule has 0 aliphatic carbocycles. The van der Waals surface area contributed by atoms with Gasteiger partial charge in [0.15, 0.2) is 6.29 Å². The fourth-order valence-corrected chi connectivity index (χ4v) is 1.46. The van der Waals surface area contributed by atoms with Gasteiger partial charge in [-0.15, -0.1) is 0 Å². The Kier molecular flexibility index (Phi) is 4.08. The van der Waals surface area contributed by atoms with Gasteiger partial charge in [0.1, 0.15) is 18.3 Å². The Morgan fingerprint density at radius 2 is 1.85 bits per heavy atom. The Bertz CT molecular complexity index is 151. The Labute approximate surface area is 77.5 Å². The van der Waals surface area contributed by atoms with Gasteiger partial charge in [-0.05, 0) is 0 Å². The van der Waals surface area contributed by atoms with E-state index in [4.69, 9.17) is 18.9 Å². The molecule has 1 rings (SSSR count). The van der Waals surface area contributed by atoms with Gasteiger partial charge in [0, 0.05) is 21.3 Å². The molecule has 0 radical (unpaired) electrons. The van der Waals surface area contributed by atoms with E-state index in [1.807, 2.05) is 0 Å². The van der Waals surface area contributed by atoms with Crippen LogP contribution >= 0.6 is 0 Å². The maximum absolute atomic E-state index is 9.68. The van der Waals surface area contributed by atoms with Crippen LogP contribution in [0.3, 0.4) is 0 Å². The molecule has 1 N–H and O–H groups in total. The summed E-state index contributed by atoms with van der Waals surface area (Å²) in [7, 11) is 4.56. The zero-order valence-electron chi connectivity index (χ0n) is 8.10. The molecule has 1 aliphatic heterocycles. The van der Waals surface area contributed by atoms with E-state index in [-0.39, 0.29) is 6.10 Å². The Hall–Kier alpha value is -0.200. The number of ether oxygens (including phenoxy) is 4. The van der Waals surface area contributed by atoms with Gasteiger partial charge in [0.25, 0.3) is 0 Å². The first kappa shape index (κ1) is 10.9. The summed E-state index contributed by atoms with van der Waals surface area (Å²) in [5, 5.41) is 9.68. The largest absolute Gasteiger partial charge is 0.385 e. The second-order valence-electron chi connectivity index (χ2n) is 2.90. The van der Waals surface area contributed by atoms with Gasteiger partial charge in [-0.1, -0.05) is 0 Å². The maximum atomic E-state index is 9.68. The Morgan fingerprint density at radius 1 is 1.15 bits per heavy atom. The molecule has 0 aromatic heterocycles. The number of rotatable bonds is 3. The highest BCUT2D eigenvalue weighted by Gasteiger charge is 2.40. The molecule has 1 saturated heterocycles. The van der Waals surface area contributed by atoms with Crippen LogP contribution in [0.4, 0.5) is 0 Å². The van der Waals surface area contributed by atoms with Crippen LogP contribution in [0.2, 0.25) is 0 Å². The average molecular weight is 192 g/mol. The molecule has 1 aliphatic rings. The fraction of sp³-hybridized carbons (Fsp3) is 1.00. The van der Waals surface area contributed by atoms with E-state index in [2.05, 4.69) is 0 Å². The van der Waals surface area contributed by atoms with Gasteiger partial charge >= 0.3 is 0 Å². The minimum atomic E-state index is -0.811. The van der Waals surface area contributed by atoms with Crippen LogP contribution < -0.4 is 0 Å². The molecule has 0 spiro atoms. The second-order valence-corrected chi connectivity index (χ2v) is 2.90. The predicted molar refractivity (Wildman–Crippen MR) is 44.3 cm³/mol. The molecule has 4 atom stereocenters. The number of methoxy groups -OCH3 is 3. The summed E-state index contributed by atoms with van der Waals surface area (Å²) in [4.78, 5) is 0. The van der Waals surface area contributed by atoms with Crippen molar-refractivity contribution < 1.29 is 24.1 Å². The lowest BCUT2D eigenvalue weighted by molar-refractivity contribution is -0.270. The zero-order valence-corrected chi connectivity index (χ0v) is 8.10. The van der Waals surface area contributed by atoms with E-state index in [9.17, 15) is 5.11 Å². The van der Waals surface area contributed by atoms with Crippen molar-refractivity contribution in [2.24, 2.45) is 0 Å². The molecule has 0 saturated carbocycles. The first-order valence-electron chi connectivity index (χ1n) is 4.12. The van der Waals surface area contributed by atoms with Crippen molar-refractivity contribution in [3.05, 3.63) is 0 Å². The normalized spacial score (nSPS) is 40.6. The van der Waals surface area contributed by atoms with E-state index in [0.29, 0.717) is 6.61 Å². The monoisotopic (exact) mass is 192 g/mol. The minimum Gasteiger partial charge on any atom is -0.385 e. The summed E-state index contributed by atoms with van der Waals surface area (Å²) >= 11 is 0. The lowest BCUT2D eigenvalue weighted by atomic mass is 10.1. The number of aliphatic hydroxyl groups excluding tert-OH is 1. The summed E-state index contributed by atoms with van der Waals surface area (Å²) in [6, 6.07) is 0. The molecule has 5 heteroatoms. The van der Waals surface area contributed by atoms with Gasteiger partial charge in [0.2, 0.25) is 0 Å². The third-order valence-corrected chi connectivity index (χ3v) is 2.21. The van der Waals surface area contributed by atoms with Gasteiger partial charge in [0.05, 0.1) is 6.61 Å². The van der Waals surface area contributed by atoms with Crippen LogP contribution in [0, 0.1) is 0 Å². The highest BCUT2D eigenvalue weighted by atomic mass is 16.7. The molecule has 5 nitrogen and oxygen atoms in total. The van der Waals surface area contributed by atoms with E-state index >= 15 is 0 Å². The molecule has 78 valence electrons. The fourth-order valence-electron chi connectivity index (χ4n) is 1.46. The highest BCUT2D eigenvalue weighted by molar-refractivity contribution is 4.84. The molecular weight excluding hydrogens is 176 g/mol. The molecule has 0 unspecified atom stereocenters. The molecule has 1 heterocycles. The van der Waals surface area contributed by atoms with E-state index < -0.39 is 18.5 Å². The third kappa shape index (κ3) is 2.18. The third-order valence-electron chi connectivity index (χ3n) is 2.21. The summed E-state index contributed by atoms with van der Waals surface area (Å²) in [5.41, 5.74) is 0. The van der Waals surface area contributed by atoms with Gasteiger partial charge in [-0.2, -0.15) is 0 Å². The average Bonchev–Trinajstić information content (AvgIpc) is 2.17. The molecule has 13 heavy (non-hydrogen) atoms. The van der Waals surface area contributed by atoms with Crippen LogP contribution in [0.25, 0.3) is 0 Å². The van der Waals surface area contributed by atoms with Crippen molar-refractivity contribution in [2.45, 2.75) is 24.6 Å². The van der Waals surface area contributed by atoms with Gasteiger partial charge in [-0.3, -0.25) is 0 Å². The van der Waals surface area contributed by atoms with Crippen LogP contribution in [-0.2, 0) is 18.9 Å². The van der Waals surface area contributed by atoms with Crippen molar-refractivity contribution in [1.82, 2.24) is 0 Å². The van der Waals surface area contributed by atoms with Crippen LogP contribution in [0.5, 0.6) is 0 Å². The molecule has 0 aromatic carbocycles. The number of hydrogen-bond donors (Lipinski definition) is 1. The maximum Gasteiger partial charge on any atom is 0.185 e. The topological polar surface area (TPSA) is 57.2 Å². The number of hydrogen-bond acceptors (Lipinski definition) is 5. The second kappa shape index (κ2) is 4.88. The predicted octanol–water partition coefficient (Wildman–Crippen LogP) is -0.620. The van der Waals surface area contributed by atoms with Crippen LogP contribution in [0.15, 0.2) is 0 Å². The first-order valence-corrected chi connectivity index (χ1v) is 4.12. The Balaban J connectivity index is 2.59. The van der Waals surface area contributed by atoms with E-state index in [1.54, 1.807) is 7.11 Å². The van der Waals surface area contributed by atoms with Crippen LogP contribution in [-0.4, -0.2) is 57.6 Å². The van der Waals surface area contributed by atoms with Crippen molar-refractivity contribution in [3.8, 4) is 0 Å². The molecule has 1 fully saturated rings. The quantitative estimate of drug-likeness (QED) is 0.646. The van der Waals surface area contributed by atoms with Crippen molar-refractivity contribution in [3.63, 3.8) is 0 Å². The van der Waals surface area contributed by atoms with Crippen molar-refractivity contribution in [1.29, 1.82) is 0 Å². The van der Waals surface area contributed by atoms with E-state index in [1.165, 1.54) is 14.2 Å².